The SMILES string of the molecule is CC[N+]1=C(C(C)(C)C)c2cccc3c(S(=O)(=O)[O-])cc(S(=O)(=O)[O-])c1c23. The van der Waals surface area contributed by atoms with Gasteiger partial charge in [-0.3, -0.25) is 0 Å². The summed E-state index contributed by atoms with van der Waals surface area (Å²) in [6.45, 7) is 8.00. The van der Waals surface area contributed by atoms with Crippen LogP contribution in [0.5, 0.6) is 0 Å². The molecule has 26 heavy (non-hydrogen) atoms. The van der Waals surface area contributed by atoms with Crippen LogP contribution in [-0.4, -0.2) is 42.8 Å². The quantitative estimate of drug-likeness (QED) is 0.579. The van der Waals surface area contributed by atoms with Crippen LogP contribution in [-0.2, 0) is 20.2 Å². The van der Waals surface area contributed by atoms with Crippen LogP contribution in [0.1, 0.15) is 33.3 Å². The van der Waals surface area contributed by atoms with Crippen LogP contribution in [0.15, 0.2) is 34.1 Å². The van der Waals surface area contributed by atoms with Crippen LogP contribution in [0, 0.1) is 5.41 Å². The summed E-state index contributed by atoms with van der Waals surface area (Å²) in [5, 5.41) is 0.434. The van der Waals surface area contributed by atoms with E-state index >= 15 is 0 Å². The molecule has 3 rings (SSSR count). The highest BCUT2D eigenvalue weighted by Crippen LogP contribution is 2.45. The second kappa shape index (κ2) is 5.59. The van der Waals surface area contributed by atoms with Gasteiger partial charge >= 0.3 is 0 Å². The molecule has 0 saturated carbocycles. The van der Waals surface area contributed by atoms with Crippen molar-refractivity contribution in [2.75, 3.05) is 6.54 Å². The van der Waals surface area contributed by atoms with Gasteiger partial charge in [0, 0.05) is 10.8 Å². The molecular weight excluding hydrogens is 378 g/mol. The molecule has 0 amide bonds. The van der Waals surface area contributed by atoms with Crippen LogP contribution in [0.4, 0.5) is 5.69 Å². The molecule has 0 atom stereocenters. The molecule has 1 heterocycles. The Morgan fingerprint density at radius 2 is 1.58 bits per heavy atom. The zero-order valence-corrected chi connectivity index (χ0v) is 16.4. The third kappa shape index (κ3) is 2.75. The number of rotatable bonds is 3. The van der Waals surface area contributed by atoms with Crippen molar-refractivity contribution in [3.8, 4) is 0 Å². The summed E-state index contributed by atoms with van der Waals surface area (Å²) in [5.74, 6) is 0. The second-order valence-electron chi connectivity index (χ2n) is 7.20. The Labute approximate surface area is 152 Å². The van der Waals surface area contributed by atoms with E-state index in [9.17, 15) is 25.9 Å². The van der Waals surface area contributed by atoms with Crippen molar-refractivity contribution in [2.24, 2.45) is 5.41 Å². The van der Waals surface area contributed by atoms with Gasteiger partial charge in [0.1, 0.15) is 31.7 Å². The van der Waals surface area contributed by atoms with Crippen LogP contribution in [0.3, 0.4) is 0 Å². The Morgan fingerprint density at radius 3 is 2.04 bits per heavy atom. The lowest BCUT2D eigenvalue weighted by Gasteiger charge is -2.17. The van der Waals surface area contributed by atoms with E-state index in [1.165, 1.54) is 6.07 Å². The van der Waals surface area contributed by atoms with Crippen LogP contribution in [0.25, 0.3) is 10.8 Å². The maximum absolute atomic E-state index is 11.9. The summed E-state index contributed by atoms with van der Waals surface area (Å²) in [4.78, 5) is -1.38. The van der Waals surface area contributed by atoms with Gasteiger partial charge in [0.15, 0.2) is 5.71 Å². The highest BCUT2D eigenvalue weighted by atomic mass is 32.2. The molecule has 1 aliphatic heterocycles. The molecule has 0 saturated heterocycles. The van der Waals surface area contributed by atoms with Crippen molar-refractivity contribution < 1.29 is 30.5 Å². The number of nitrogens with zero attached hydrogens (tertiary/aromatic N) is 1. The van der Waals surface area contributed by atoms with Gasteiger partial charge in [0.2, 0.25) is 5.69 Å². The molecule has 0 aliphatic carbocycles. The number of hydrogen-bond acceptors (Lipinski definition) is 6. The summed E-state index contributed by atoms with van der Waals surface area (Å²) >= 11 is 0. The third-order valence-corrected chi connectivity index (χ3v) is 6.15. The number of hydrogen-bond donors (Lipinski definition) is 0. The predicted molar refractivity (Wildman–Crippen MR) is 93.9 cm³/mol. The lowest BCUT2D eigenvalue weighted by Crippen LogP contribution is -2.28. The first-order chi connectivity index (χ1) is 11.8. The minimum Gasteiger partial charge on any atom is -0.744 e. The largest absolute Gasteiger partial charge is 0.744 e. The molecule has 1 aliphatic rings. The third-order valence-electron chi connectivity index (χ3n) is 4.42. The Kier molecular flexibility index (Phi) is 4.08. The standard InChI is InChI=1S/C17H19NO6S2/c1-5-18-15-13(26(22,23)24)9-12(25(19,20)21)10-7-6-8-11(14(10)15)16(18)17(2,3)4/h6-9H,5H2,1-4H3,(H-,19,20,21,22,23,24)/p-1. The monoisotopic (exact) mass is 396 g/mol. The Bertz CT molecular complexity index is 1190. The topological polar surface area (TPSA) is 117 Å². The summed E-state index contributed by atoms with van der Waals surface area (Å²) in [6, 6.07) is 5.50. The average molecular weight is 396 g/mol. The van der Waals surface area contributed by atoms with E-state index in [1.54, 1.807) is 16.7 Å². The fourth-order valence-corrected chi connectivity index (χ4v) is 5.13. The van der Waals surface area contributed by atoms with E-state index in [2.05, 4.69) is 0 Å². The summed E-state index contributed by atoms with van der Waals surface area (Å²) in [6.07, 6.45) is 0. The Balaban J connectivity index is 2.68. The van der Waals surface area contributed by atoms with Crippen LogP contribution in [0.2, 0.25) is 0 Å². The molecule has 2 aromatic carbocycles. The van der Waals surface area contributed by atoms with Gasteiger partial charge in [-0.15, -0.1) is 0 Å². The molecule has 7 nitrogen and oxygen atoms in total. The van der Waals surface area contributed by atoms with Crippen molar-refractivity contribution in [1.82, 2.24) is 0 Å². The first-order valence-electron chi connectivity index (χ1n) is 7.95. The maximum Gasteiger partial charge on any atom is 0.231 e. The van der Waals surface area contributed by atoms with Crippen LogP contribution < -0.4 is 0 Å². The lowest BCUT2D eigenvalue weighted by molar-refractivity contribution is -0.438. The number of benzene rings is 2. The molecule has 0 unspecified atom stereocenters. The molecule has 140 valence electrons. The first kappa shape index (κ1) is 19.0. The first-order valence-corrected chi connectivity index (χ1v) is 10.8. The van der Waals surface area contributed by atoms with Gasteiger partial charge in [0.25, 0.3) is 0 Å². The lowest BCUT2D eigenvalue weighted by atomic mass is 9.85. The van der Waals surface area contributed by atoms with E-state index in [4.69, 9.17) is 0 Å². The molecule has 0 radical (unpaired) electrons. The smallest absolute Gasteiger partial charge is 0.231 e. The normalized spacial score (nSPS) is 15.2. The Hall–Kier alpha value is -1.81. The van der Waals surface area contributed by atoms with E-state index in [0.717, 1.165) is 5.71 Å². The van der Waals surface area contributed by atoms with Crippen molar-refractivity contribution in [2.45, 2.75) is 37.5 Å². The van der Waals surface area contributed by atoms with Gasteiger partial charge in [-0.05, 0) is 19.1 Å². The summed E-state index contributed by atoms with van der Waals surface area (Å²) in [7, 11) is -9.98. The van der Waals surface area contributed by atoms with Crippen molar-refractivity contribution in [3.05, 3.63) is 29.8 Å². The van der Waals surface area contributed by atoms with Gasteiger partial charge < -0.3 is 9.11 Å². The van der Waals surface area contributed by atoms with Gasteiger partial charge in [0.05, 0.1) is 15.8 Å². The second-order valence-corrected chi connectivity index (χ2v) is 9.90. The van der Waals surface area contributed by atoms with Gasteiger partial charge in [-0.1, -0.05) is 32.9 Å². The predicted octanol–water partition coefficient (Wildman–Crippen LogP) is 2.16. The fourth-order valence-electron chi connectivity index (χ4n) is 3.65. The maximum atomic E-state index is 11.9. The van der Waals surface area contributed by atoms with Crippen molar-refractivity contribution in [3.63, 3.8) is 0 Å². The van der Waals surface area contributed by atoms with Crippen molar-refractivity contribution in [1.29, 1.82) is 0 Å². The van der Waals surface area contributed by atoms with Gasteiger partial charge in [-0.2, -0.15) is 4.58 Å². The van der Waals surface area contributed by atoms with E-state index < -0.39 is 35.4 Å². The molecule has 0 spiro atoms. The molecule has 0 fully saturated rings. The van der Waals surface area contributed by atoms with E-state index in [-0.39, 0.29) is 11.1 Å². The highest BCUT2D eigenvalue weighted by molar-refractivity contribution is 7.86. The fraction of sp³-hybridized carbons (Fsp3) is 0.353. The Morgan fingerprint density at radius 1 is 1.00 bits per heavy atom. The summed E-state index contributed by atoms with van der Waals surface area (Å²) < 4.78 is 72.6. The zero-order valence-electron chi connectivity index (χ0n) is 14.7. The minimum atomic E-state index is -5.01. The van der Waals surface area contributed by atoms with Crippen LogP contribution >= 0.6 is 0 Å². The molecular formula is C17H18NO6S2-. The summed E-state index contributed by atoms with van der Waals surface area (Å²) in [5.41, 5.74) is 1.13. The zero-order chi connectivity index (χ0) is 19.7. The molecule has 2 aromatic rings. The molecule has 0 aromatic heterocycles. The molecule has 0 N–H and O–H groups in total. The molecule has 0 bridgehead atoms. The van der Waals surface area contributed by atoms with Crippen molar-refractivity contribution >= 4 is 42.4 Å². The van der Waals surface area contributed by atoms with E-state index in [0.29, 0.717) is 23.6 Å². The average Bonchev–Trinajstić information content (AvgIpc) is 2.81. The van der Waals surface area contributed by atoms with Gasteiger partial charge in [-0.25, -0.2) is 16.8 Å². The molecule has 9 heteroatoms. The minimum absolute atomic E-state index is 0.123. The van der Waals surface area contributed by atoms with E-state index in [1.807, 2.05) is 27.7 Å². The highest BCUT2D eigenvalue weighted by Gasteiger charge is 2.41.